The van der Waals surface area contributed by atoms with Gasteiger partial charge in [0.1, 0.15) is 0 Å². The molecule has 0 aliphatic carbocycles. The summed E-state index contributed by atoms with van der Waals surface area (Å²) in [5.74, 6) is 0.489. The second-order valence-corrected chi connectivity index (χ2v) is 6.30. The van der Waals surface area contributed by atoms with E-state index in [4.69, 9.17) is 0 Å². The van der Waals surface area contributed by atoms with Crippen molar-refractivity contribution in [2.45, 2.75) is 18.7 Å². The zero-order valence-electron chi connectivity index (χ0n) is 6.47. The van der Waals surface area contributed by atoms with E-state index in [1.165, 1.54) is 12.6 Å². The van der Waals surface area contributed by atoms with Crippen molar-refractivity contribution in [3.63, 3.8) is 0 Å². The van der Waals surface area contributed by atoms with Gasteiger partial charge in [0.2, 0.25) is 0 Å². The van der Waals surface area contributed by atoms with Crippen molar-refractivity contribution >= 4 is 23.9 Å². The van der Waals surface area contributed by atoms with Crippen LogP contribution in [0.25, 0.3) is 0 Å². The van der Waals surface area contributed by atoms with Gasteiger partial charge in [-0.25, -0.2) is 0 Å². The van der Waals surface area contributed by atoms with Gasteiger partial charge in [-0.15, -0.1) is 0 Å². The molecular weight excluding hydrogens is 211 g/mol. The molecule has 1 aliphatic rings. The van der Waals surface area contributed by atoms with E-state index in [-0.39, 0.29) is 13.3 Å². The molecule has 0 aromatic carbocycles. The molecule has 0 spiro atoms. The molecule has 60 valence electrons. The highest BCUT2D eigenvalue weighted by Crippen LogP contribution is 2.57. The lowest BCUT2D eigenvalue weighted by atomic mass is 10.0. The first-order valence-corrected chi connectivity index (χ1v) is 6.70. The molecule has 1 fully saturated rings. The van der Waals surface area contributed by atoms with E-state index in [1.807, 2.05) is 0 Å². The third-order valence-electron chi connectivity index (χ3n) is 2.54. The van der Waals surface area contributed by atoms with Gasteiger partial charge in [-0.3, -0.25) is 0 Å². The quantitative estimate of drug-likeness (QED) is 0.535. The molecule has 1 aliphatic heterocycles. The maximum Gasteiger partial charge on any atom is 0.0953 e. The van der Waals surface area contributed by atoms with Crippen LogP contribution < -0.4 is 0 Å². The van der Waals surface area contributed by atoms with Gasteiger partial charge in [-0.1, -0.05) is 30.8 Å². The first-order valence-electron chi connectivity index (χ1n) is 3.61. The van der Waals surface area contributed by atoms with Crippen molar-refractivity contribution in [1.29, 1.82) is 0 Å². The van der Waals surface area contributed by atoms with Crippen molar-refractivity contribution in [3.8, 4) is 0 Å². The number of hydrogen-bond donors (Lipinski definition) is 1. The van der Waals surface area contributed by atoms with Gasteiger partial charge in [0.05, 0.1) is 5.34 Å². The van der Waals surface area contributed by atoms with E-state index in [2.05, 4.69) is 29.5 Å². The second kappa shape index (κ2) is 3.08. The van der Waals surface area contributed by atoms with Gasteiger partial charge < -0.3 is 5.11 Å². The Morgan fingerprint density at radius 3 is 2.60 bits per heavy atom. The molecule has 1 saturated heterocycles. The average Bonchev–Trinajstić information content (AvgIpc) is 2.18. The molecular formula is C7H14BrOP. The number of hydrogen-bond acceptors (Lipinski definition) is 1. The Labute approximate surface area is 72.1 Å². The van der Waals surface area contributed by atoms with Crippen LogP contribution in [0.1, 0.15) is 13.3 Å². The van der Waals surface area contributed by atoms with Crippen molar-refractivity contribution in [2.75, 3.05) is 18.2 Å². The van der Waals surface area contributed by atoms with E-state index in [0.29, 0.717) is 5.92 Å². The van der Waals surface area contributed by atoms with Crippen LogP contribution in [0.2, 0.25) is 0 Å². The third-order valence-corrected chi connectivity index (χ3v) is 6.68. The molecule has 1 rings (SSSR count). The smallest absolute Gasteiger partial charge is 0.0953 e. The largest absolute Gasteiger partial charge is 0.384 e. The Bertz CT molecular complexity index is 119. The second-order valence-electron chi connectivity index (χ2n) is 3.12. The van der Waals surface area contributed by atoms with Crippen LogP contribution in [0.3, 0.4) is 0 Å². The van der Waals surface area contributed by atoms with E-state index < -0.39 is 0 Å². The van der Waals surface area contributed by atoms with Gasteiger partial charge in [0, 0.05) is 5.33 Å². The topological polar surface area (TPSA) is 20.2 Å². The summed E-state index contributed by atoms with van der Waals surface area (Å²) in [6, 6.07) is 0. The van der Waals surface area contributed by atoms with Crippen molar-refractivity contribution in [1.82, 2.24) is 0 Å². The highest BCUT2D eigenvalue weighted by atomic mass is 79.9. The van der Waals surface area contributed by atoms with Gasteiger partial charge in [0.15, 0.2) is 0 Å². The van der Waals surface area contributed by atoms with E-state index >= 15 is 0 Å². The highest BCUT2D eigenvalue weighted by Gasteiger charge is 2.42. The molecule has 10 heavy (non-hydrogen) atoms. The number of halogens is 1. The van der Waals surface area contributed by atoms with Crippen LogP contribution in [0, 0.1) is 5.92 Å². The van der Waals surface area contributed by atoms with Crippen LogP contribution >= 0.6 is 23.9 Å². The fraction of sp³-hybridized carbons (Fsp3) is 1.00. The van der Waals surface area contributed by atoms with Crippen LogP contribution in [0.4, 0.5) is 0 Å². The Morgan fingerprint density at radius 2 is 2.40 bits per heavy atom. The highest BCUT2D eigenvalue weighted by molar-refractivity contribution is 9.09. The van der Waals surface area contributed by atoms with Crippen LogP contribution in [0.5, 0.6) is 0 Å². The Morgan fingerprint density at radius 1 is 1.80 bits per heavy atom. The van der Waals surface area contributed by atoms with Crippen molar-refractivity contribution in [2.24, 2.45) is 5.92 Å². The fourth-order valence-corrected chi connectivity index (χ4v) is 5.51. The SMILES string of the molecule is CC1CCP(C)C1(O)CBr. The first-order chi connectivity index (χ1) is 4.61. The Kier molecular flexibility index (Phi) is 2.76. The molecule has 0 bridgehead atoms. The summed E-state index contributed by atoms with van der Waals surface area (Å²) in [5, 5.41) is 10.4. The summed E-state index contributed by atoms with van der Waals surface area (Å²) in [6.45, 7) is 4.34. The van der Waals surface area contributed by atoms with Crippen LogP contribution in [0.15, 0.2) is 0 Å². The zero-order chi connectivity index (χ0) is 7.78. The summed E-state index contributed by atoms with van der Waals surface area (Å²) in [5.41, 5.74) is 0. The minimum Gasteiger partial charge on any atom is -0.384 e. The predicted molar refractivity (Wildman–Crippen MR) is 50.2 cm³/mol. The van der Waals surface area contributed by atoms with Crippen LogP contribution in [-0.4, -0.2) is 28.6 Å². The molecule has 3 unspecified atom stereocenters. The summed E-state index contributed by atoms with van der Waals surface area (Å²) in [7, 11) is -0.141. The minimum absolute atomic E-state index is 0.141. The zero-order valence-corrected chi connectivity index (χ0v) is 8.95. The Balaban J connectivity index is 2.70. The molecule has 1 N–H and O–H groups in total. The molecule has 0 aromatic heterocycles. The lowest BCUT2D eigenvalue weighted by Gasteiger charge is -2.29. The normalized spacial score (nSPS) is 48.0. The molecule has 3 heteroatoms. The van der Waals surface area contributed by atoms with E-state index in [0.717, 1.165) is 5.33 Å². The lowest BCUT2D eigenvalue weighted by molar-refractivity contribution is 0.108. The molecule has 1 heterocycles. The lowest BCUT2D eigenvalue weighted by Crippen LogP contribution is -2.31. The standard InChI is InChI=1S/C7H14BrOP/c1-6-3-4-10(2)7(6,9)5-8/h6,9H,3-5H2,1-2H3. The van der Waals surface area contributed by atoms with E-state index in [9.17, 15) is 5.11 Å². The van der Waals surface area contributed by atoms with E-state index in [1.54, 1.807) is 0 Å². The molecule has 0 saturated carbocycles. The molecule has 3 atom stereocenters. The van der Waals surface area contributed by atoms with Crippen molar-refractivity contribution < 1.29 is 5.11 Å². The Hall–Kier alpha value is 0.870. The third kappa shape index (κ3) is 1.26. The maximum atomic E-state index is 10.0. The fourth-order valence-electron chi connectivity index (χ4n) is 1.42. The number of rotatable bonds is 1. The molecule has 0 aromatic rings. The summed E-state index contributed by atoms with van der Waals surface area (Å²) in [4.78, 5) is 0. The van der Waals surface area contributed by atoms with Crippen LogP contribution in [-0.2, 0) is 0 Å². The molecule has 1 nitrogen and oxygen atoms in total. The maximum absolute atomic E-state index is 10.0. The first kappa shape index (κ1) is 8.96. The summed E-state index contributed by atoms with van der Waals surface area (Å²) in [6.07, 6.45) is 2.43. The number of aliphatic hydroxyl groups is 1. The summed E-state index contributed by atoms with van der Waals surface area (Å²) < 4.78 is 0. The van der Waals surface area contributed by atoms with Crippen molar-refractivity contribution in [3.05, 3.63) is 0 Å². The minimum atomic E-state index is -0.366. The van der Waals surface area contributed by atoms with Gasteiger partial charge in [-0.2, -0.15) is 0 Å². The predicted octanol–water partition coefficient (Wildman–Crippen LogP) is 2.22. The summed E-state index contributed by atoms with van der Waals surface area (Å²) >= 11 is 3.38. The molecule has 0 radical (unpaired) electrons. The van der Waals surface area contributed by atoms with Gasteiger partial charge >= 0.3 is 0 Å². The monoisotopic (exact) mass is 224 g/mol. The number of alkyl halides is 1. The average molecular weight is 225 g/mol. The van der Waals surface area contributed by atoms with Gasteiger partial charge in [-0.05, 0) is 25.2 Å². The molecule has 0 amide bonds. The van der Waals surface area contributed by atoms with Gasteiger partial charge in [0.25, 0.3) is 0 Å².